The van der Waals surface area contributed by atoms with Gasteiger partial charge in [-0.2, -0.15) is 5.10 Å². The van der Waals surface area contributed by atoms with E-state index in [1.165, 1.54) is 0 Å². The molecule has 0 spiro atoms. The van der Waals surface area contributed by atoms with Gasteiger partial charge in [-0.15, -0.1) is 0 Å². The summed E-state index contributed by atoms with van der Waals surface area (Å²) in [6.45, 7) is 5.85. The van der Waals surface area contributed by atoms with E-state index in [1.807, 2.05) is 32.9 Å². The molecule has 2 rings (SSSR count). The maximum absolute atomic E-state index is 12.2. The van der Waals surface area contributed by atoms with Crippen LogP contribution in [-0.2, 0) is 4.79 Å². The van der Waals surface area contributed by atoms with Crippen LogP contribution in [0.3, 0.4) is 0 Å². The Kier molecular flexibility index (Phi) is 4.69. The first kappa shape index (κ1) is 16.0. The first-order valence-corrected chi connectivity index (χ1v) is 7.37. The molecular weight excluding hydrogens is 309 g/mol. The molecule has 0 saturated heterocycles. The third kappa shape index (κ3) is 3.63. The molecule has 1 aliphatic carbocycles. The number of amides is 1. The van der Waals surface area contributed by atoms with E-state index in [0.29, 0.717) is 0 Å². The number of rotatable bonds is 4. The predicted octanol–water partition coefficient (Wildman–Crippen LogP) is 3.51. The molecule has 1 aromatic heterocycles. The van der Waals surface area contributed by atoms with Crippen molar-refractivity contribution in [3.8, 4) is 0 Å². The molecule has 1 aliphatic rings. The van der Waals surface area contributed by atoms with Gasteiger partial charge in [-0.3, -0.25) is 9.78 Å². The second-order valence-corrected chi connectivity index (χ2v) is 6.70. The van der Waals surface area contributed by atoms with Crippen molar-refractivity contribution in [2.24, 2.45) is 22.4 Å². The molecule has 112 valence electrons. The average Bonchev–Trinajstić information content (AvgIpc) is 2.97. The molecule has 1 heterocycles. The maximum atomic E-state index is 12.2. The van der Waals surface area contributed by atoms with E-state index in [0.717, 1.165) is 11.3 Å². The molecule has 2 atom stereocenters. The van der Waals surface area contributed by atoms with E-state index in [2.05, 4.69) is 15.5 Å². The fourth-order valence-electron chi connectivity index (χ4n) is 2.49. The summed E-state index contributed by atoms with van der Waals surface area (Å²) in [5.74, 6) is -0.248. The number of hydrogen-bond acceptors (Lipinski definition) is 3. The smallest absolute Gasteiger partial charge is 0.244 e. The van der Waals surface area contributed by atoms with Crippen molar-refractivity contribution in [2.45, 2.75) is 20.8 Å². The summed E-state index contributed by atoms with van der Waals surface area (Å²) in [6.07, 6.45) is 5.08. The molecule has 6 heteroatoms. The summed E-state index contributed by atoms with van der Waals surface area (Å²) in [6, 6.07) is 3.68. The van der Waals surface area contributed by atoms with Crippen molar-refractivity contribution in [1.29, 1.82) is 0 Å². The zero-order valence-corrected chi connectivity index (χ0v) is 13.6. The first-order chi connectivity index (χ1) is 9.84. The van der Waals surface area contributed by atoms with Gasteiger partial charge in [0.1, 0.15) is 4.49 Å². The van der Waals surface area contributed by atoms with E-state index in [-0.39, 0.29) is 27.6 Å². The van der Waals surface area contributed by atoms with Crippen molar-refractivity contribution < 1.29 is 4.79 Å². The minimum Gasteiger partial charge on any atom is -0.273 e. The van der Waals surface area contributed by atoms with E-state index in [9.17, 15) is 4.79 Å². The number of nitrogens with one attached hydrogen (secondary N) is 1. The summed E-state index contributed by atoms with van der Waals surface area (Å²) in [5, 5.41) is 4.14. The van der Waals surface area contributed by atoms with Gasteiger partial charge in [0.2, 0.25) is 5.91 Å². The summed E-state index contributed by atoms with van der Waals surface area (Å²) >= 11 is 11.4. The number of carbonyl (C=O) groups is 1. The number of carbonyl (C=O) groups excluding carboxylic acids is 1. The summed E-state index contributed by atoms with van der Waals surface area (Å²) in [7, 11) is 0. The largest absolute Gasteiger partial charge is 0.273 e. The van der Waals surface area contributed by atoms with Crippen LogP contribution in [-0.4, -0.2) is 16.6 Å². The minimum atomic E-state index is -0.168. The number of hydrogen-bond donors (Lipinski definition) is 1. The van der Waals surface area contributed by atoms with Crippen LogP contribution in [0, 0.1) is 17.3 Å². The number of nitrogens with zero attached hydrogens (tertiary/aromatic N) is 2. The first-order valence-electron chi connectivity index (χ1n) is 6.61. The summed E-state index contributed by atoms with van der Waals surface area (Å²) in [5.41, 5.74) is 4.11. The van der Waals surface area contributed by atoms with E-state index in [4.69, 9.17) is 23.2 Å². The molecule has 0 aromatic carbocycles. The van der Waals surface area contributed by atoms with Gasteiger partial charge in [0.05, 0.1) is 11.6 Å². The molecule has 1 fully saturated rings. The van der Waals surface area contributed by atoms with Gasteiger partial charge in [-0.25, -0.2) is 5.43 Å². The van der Waals surface area contributed by atoms with Gasteiger partial charge in [-0.1, -0.05) is 37.0 Å². The van der Waals surface area contributed by atoms with Crippen molar-refractivity contribution in [3.63, 3.8) is 0 Å². The number of aromatic nitrogens is 1. The lowest BCUT2D eigenvalue weighted by molar-refractivity contribution is -0.123. The number of pyridine rings is 1. The highest BCUT2D eigenvalue weighted by atomic mass is 35.5. The van der Waals surface area contributed by atoms with Crippen LogP contribution in [0.25, 0.3) is 0 Å². The van der Waals surface area contributed by atoms with Gasteiger partial charge in [-0.05, 0) is 36.5 Å². The maximum Gasteiger partial charge on any atom is 0.244 e. The van der Waals surface area contributed by atoms with Crippen molar-refractivity contribution in [3.05, 3.63) is 40.7 Å². The molecule has 21 heavy (non-hydrogen) atoms. The highest BCUT2D eigenvalue weighted by molar-refractivity contribution is 6.55. The van der Waals surface area contributed by atoms with Gasteiger partial charge in [0.25, 0.3) is 0 Å². The van der Waals surface area contributed by atoms with Gasteiger partial charge >= 0.3 is 0 Å². The molecule has 0 bridgehead atoms. The van der Waals surface area contributed by atoms with Crippen LogP contribution in [0.15, 0.2) is 40.2 Å². The van der Waals surface area contributed by atoms with Crippen LogP contribution >= 0.6 is 23.2 Å². The Morgan fingerprint density at radius 3 is 2.57 bits per heavy atom. The van der Waals surface area contributed by atoms with Crippen LogP contribution in [0.1, 0.15) is 26.3 Å². The standard InChI is InChI=1S/C15H17Cl2N3O/c1-9(10-4-6-18-7-5-10)19-20-14(21)13-11(8-12(16)17)15(13,2)3/h4-8,11,13H,1-3H3,(H,20,21)/b19-9-/t11-,13+/m0/s1. The monoisotopic (exact) mass is 325 g/mol. The molecule has 0 unspecified atom stereocenters. The number of hydrazone groups is 1. The lowest BCUT2D eigenvalue weighted by Crippen LogP contribution is -2.23. The third-order valence-electron chi connectivity index (χ3n) is 3.93. The molecule has 1 saturated carbocycles. The molecular formula is C15H17Cl2N3O. The molecule has 0 aliphatic heterocycles. The Balaban J connectivity index is 2.02. The summed E-state index contributed by atoms with van der Waals surface area (Å²) in [4.78, 5) is 16.1. The summed E-state index contributed by atoms with van der Waals surface area (Å²) < 4.78 is 0.194. The topological polar surface area (TPSA) is 54.4 Å². The molecule has 4 nitrogen and oxygen atoms in total. The van der Waals surface area contributed by atoms with Crippen molar-refractivity contribution in [2.75, 3.05) is 0 Å². The Bertz CT molecular complexity index is 592. The predicted molar refractivity (Wildman–Crippen MR) is 85.1 cm³/mol. The van der Waals surface area contributed by atoms with Crippen LogP contribution < -0.4 is 5.43 Å². The number of halogens is 2. The molecule has 1 aromatic rings. The fraction of sp³-hybridized carbons (Fsp3) is 0.400. The Morgan fingerprint density at radius 2 is 2.00 bits per heavy atom. The van der Waals surface area contributed by atoms with E-state index in [1.54, 1.807) is 18.5 Å². The highest BCUT2D eigenvalue weighted by Crippen LogP contribution is 2.59. The Labute approximate surface area is 134 Å². The van der Waals surface area contributed by atoms with Crippen LogP contribution in [0.4, 0.5) is 0 Å². The highest BCUT2D eigenvalue weighted by Gasteiger charge is 2.60. The van der Waals surface area contributed by atoms with Gasteiger partial charge in [0.15, 0.2) is 0 Å². The second-order valence-electron chi connectivity index (χ2n) is 5.69. The lowest BCUT2D eigenvalue weighted by Gasteiger charge is -2.03. The van der Waals surface area contributed by atoms with Gasteiger partial charge < -0.3 is 0 Å². The third-order valence-corrected chi connectivity index (χ3v) is 4.18. The Morgan fingerprint density at radius 1 is 1.38 bits per heavy atom. The second kappa shape index (κ2) is 6.16. The molecule has 0 radical (unpaired) electrons. The zero-order valence-electron chi connectivity index (χ0n) is 12.1. The molecule has 1 N–H and O–H groups in total. The normalized spacial score (nSPS) is 23.4. The van der Waals surface area contributed by atoms with Gasteiger partial charge in [0, 0.05) is 18.0 Å². The van der Waals surface area contributed by atoms with Crippen molar-refractivity contribution in [1.82, 2.24) is 10.4 Å². The van der Waals surface area contributed by atoms with Crippen molar-refractivity contribution >= 4 is 34.8 Å². The minimum absolute atomic E-state index is 0.0407. The molecule has 1 amide bonds. The van der Waals surface area contributed by atoms with Crippen LogP contribution in [0.2, 0.25) is 0 Å². The SMILES string of the molecule is C/C(=N/NC(=O)[C@H]1[C@H](C=C(Cl)Cl)C1(C)C)c1ccncc1. The van der Waals surface area contributed by atoms with E-state index < -0.39 is 0 Å². The zero-order chi connectivity index (χ0) is 15.6. The Hall–Kier alpha value is -1.39. The fourth-order valence-corrected chi connectivity index (χ4v) is 2.76. The van der Waals surface area contributed by atoms with E-state index >= 15 is 0 Å². The van der Waals surface area contributed by atoms with Crippen LogP contribution in [0.5, 0.6) is 0 Å². The average molecular weight is 326 g/mol. The number of allylic oxidation sites excluding steroid dienone is 1. The lowest BCUT2D eigenvalue weighted by atomic mass is 10.1. The quantitative estimate of drug-likeness (QED) is 0.680.